The van der Waals surface area contributed by atoms with E-state index in [2.05, 4.69) is 121 Å². The molecule has 1 nitrogen and oxygen atoms in total. The monoisotopic (exact) mass is 476 g/mol. The van der Waals surface area contributed by atoms with E-state index in [9.17, 15) is 5.11 Å². The van der Waals surface area contributed by atoms with Crippen molar-refractivity contribution in [1.82, 2.24) is 0 Å². The fourth-order valence-electron chi connectivity index (χ4n) is 4.10. The Hall–Kier alpha value is -2.41. The fraction of sp³-hybridized carbons (Fsp3) is 0.111. The first-order valence-electron chi connectivity index (χ1n) is 10.1. The molecule has 0 saturated heterocycles. The summed E-state index contributed by atoms with van der Waals surface area (Å²) in [4.78, 5) is 0. The molecule has 0 aliphatic rings. The first kappa shape index (κ1) is 20.8. The van der Waals surface area contributed by atoms with E-state index in [1.807, 2.05) is 0 Å². The van der Waals surface area contributed by atoms with Crippen molar-refractivity contribution in [3.63, 3.8) is 0 Å². The number of hydrogen-bond donors (Lipinski definition) is 1. The van der Waals surface area contributed by atoms with Gasteiger partial charge in [0.2, 0.25) is 0 Å². The second kappa shape index (κ2) is 7.69. The van der Waals surface area contributed by atoms with Crippen LogP contribution in [0, 0.1) is 20.8 Å². The van der Waals surface area contributed by atoms with Crippen LogP contribution in [-0.4, -0.2) is 5.11 Å². The molecular formula is C27H26BrOP. The van der Waals surface area contributed by atoms with Gasteiger partial charge in [0.1, 0.15) is 0 Å². The number of phenols is 1. The number of hydrogen-bond acceptors (Lipinski definition) is 1. The number of halogens is 1. The van der Waals surface area contributed by atoms with Gasteiger partial charge in [-0.1, -0.05) is 0 Å². The zero-order valence-electron chi connectivity index (χ0n) is 17.5. The van der Waals surface area contributed by atoms with Crippen molar-refractivity contribution in [2.45, 2.75) is 20.8 Å². The van der Waals surface area contributed by atoms with E-state index < -0.39 is 5.31 Å². The molecule has 0 saturated carbocycles. The molecular weight excluding hydrogens is 451 g/mol. The predicted octanol–water partition coefficient (Wildman–Crippen LogP) is 5.78. The van der Waals surface area contributed by atoms with Gasteiger partial charge in [0.25, 0.3) is 0 Å². The van der Waals surface area contributed by atoms with Gasteiger partial charge in [-0.25, -0.2) is 0 Å². The molecule has 0 radical (unpaired) electrons. The molecule has 4 aromatic carbocycles. The quantitative estimate of drug-likeness (QED) is 0.370. The van der Waals surface area contributed by atoms with E-state index in [4.69, 9.17) is 0 Å². The number of aryl methyl sites for hydroxylation is 3. The summed E-state index contributed by atoms with van der Waals surface area (Å²) in [5, 5.41) is 11.7. The average molecular weight is 477 g/mol. The third kappa shape index (κ3) is 3.20. The molecule has 0 aromatic heterocycles. The average Bonchev–Trinajstić information content (AvgIpc) is 2.75. The van der Waals surface area contributed by atoms with Gasteiger partial charge in [-0.15, -0.1) is 0 Å². The van der Waals surface area contributed by atoms with Gasteiger partial charge in [0.05, 0.1) is 0 Å². The van der Waals surface area contributed by atoms with Gasteiger partial charge < -0.3 is 0 Å². The third-order valence-electron chi connectivity index (χ3n) is 5.89. The standard InChI is InChI=1S/C27H26BrOP/c1-20-4-12-24(13-5-20)30(28,25-14-6-21(2)7-15-25,26-16-8-22(3)9-17-26)27-18-10-23(29)11-19-27/h4-19,29H,1-3H3. The molecule has 0 amide bonds. The third-order valence-corrected chi connectivity index (χ3v) is 15.9. The first-order valence-corrected chi connectivity index (χ1v) is 14.3. The minimum atomic E-state index is -3.21. The summed E-state index contributed by atoms with van der Waals surface area (Å²) in [6.07, 6.45) is 0. The van der Waals surface area contributed by atoms with Crippen molar-refractivity contribution in [1.29, 1.82) is 0 Å². The summed E-state index contributed by atoms with van der Waals surface area (Å²) >= 11 is 4.47. The molecule has 1 N–H and O–H groups in total. The molecule has 0 atom stereocenters. The van der Waals surface area contributed by atoms with Gasteiger partial charge >= 0.3 is 187 Å². The molecule has 4 aromatic rings. The summed E-state index contributed by atoms with van der Waals surface area (Å²) in [7, 11) is 0. The Balaban J connectivity index is 2.20. The van der Waals surface area contributed by atoms with Crippen molar-refractivity contribution < 1.29 is 5.11 Å². The molecule has 152 valence electrons. The SMILES string of the molecule is Cc1ccc(P(Br)(c2ccc(C)cc2)(c2ccc(C)cc2)c2ccc(O)cc2)cc1. The maximum absolute atomic E-state index is 10.0. The minimum absolute atomic E-state index is 0.271. The number of phenolic OH excluding ortho intramolecular Hbond substituents is 1. The van der Waals surface area contributed by atoms with Crippen LogP contribution >= 0.6 is 20.8 Å². The van der Waals surface area contributed by atoms with Crippen molar-refractivity contribution in [2.24, 2.45) is 0 Å². The van der Waals surface area contributed by atoms with Crippen LogP contribution < -0.4 is 21.2 Å². The number of benzene rings is 4. The van der Waals surface area contributed by atoms with Crippen LogP contribution in [0.3, 0.4) is 0 Å². The summed E-state index contributed by atoms with van der Waals surface area (Å²) < 4.78 is 0. The van der Waals surface area contributed by atoms with Crippen molar-refractivity contribution >= 4 is 42.0 Å². The molecule has 0 spiro atoms. The van der Waals surface area contributed by atoms with E-state index in [-0.39, 0.29) is 5.75 Å². The summed E-state index contributed by atoms with van der Waals surface area (Å²) in [6, 6.07) is 34.2. The van der Waals surface area contributed by atoms with Gasteiger partial charge in [-0.3, -0.25) is 0 Å². The number of rotatable bonds is 4. The van der Waals surface area contributed by atoms with Gasteiger partial charge in [-0.2, -0.15) is 0 Å². The maximum atomic E-state index is 10.0. The van der Waals surface area contributed by atoms with E-state index in [0.717, 1.165) is 5.30 Å². The second-order valence-electron chi connectivity index (χ2n) is 8.03. The van der Waals surface area contributed by atoms with E-state index >= 15 is 0 Å². The van der Waals surface area contributed by atoms with Crippen LogP contribution in [-0.2, 0) is 0 Å². The molecule has 0 aliphatic heterocycles. The van der Waals surface area contributed by atoms with Crippen molar-refractivity contribution in [3.05, 3.63) is 114 Å². The molecule has 3 heteroatoms. The summed E-state index contributed by atoms with van der Waals surface area (Å²) in [6.45, 7) is 6.35. The summed E-state index contributed by atoms with van der Waals surface area (Å²) in [5.74, 6) is 0.271. The molecule has 0 bridgehead atoms. The summed E-state index contributed by atoms with van der Waals surface area (Å²) in [5.41, 5.74) is 3.69. The van der Waals surface area contributed by atoms with E-state index in [1.165, 1.54) is 32.6 Å². The van der Waals surface area contributed by atoms with E-state index in [1.54, 1.807) is 12.1 Å². The molecule has 0 aliphatic carbocycles. The molecule has 0 fully saturated rings. The first-order chi connectivity index (χ1) is 14.3. The van der Waals surface area contributed by atoms with Crippen molar-refractivity contribution in [2.75, 3.05) is 0 Å². The van der Waals surface area contributed by atoms with Crippen LogP contribution in [0.15, 0.2) is 97.1 Å². The van der Waals surface area contributed by atoms with Gasteiger partial charge in [0.15, 0.2) is 0 Å². The molecule has 0 unspecified atom stereocenters. The second-order valence-corrected chi connectivity index (χ2v) is 16.4. The number of aromatic hydroxyl groups is 1. The molecule has 4 rings (SSSR count). The zero-order valence-corrected chi connectivity index (χ0v) is 20.0. The van der Waals surface area contributed by atoms with Gasteiger partial charge in [0, 0.05) is 0 Å². The predicted molar refractivity (Wildman–Crippen MR) is 136 cm³/mol. The Morgan fingerprint density at radius 3 is 0.967 bits per heavy atom. The molecule has 0 heterocycles. The van der Waals surface area contributed by atoms with Crippen LogP contribution in [0.1, 0.15) is 16.7 Å². The Morgan fingerprint density at radius 2 is 0.700 bits per heavy atom. The Bertz CT molecular complexity index is 968. The Morgan fingerprint density at radius 1 is 0.467 bits per heavy atom. The van der Waals surface area contributed by atoms with E-state index in [0.29, 0.717) is 0 Å². The topological polar surface area (TPSA) is 20.2 Å². The van der Waals surface area contributed by atoms with Crippen LogP contribution in [0.5, 0.6) is 5.75 Å². The zero-order chi connectivity index (χ0) is 21.4. The molecule has 30 heavy (non-hydrogen) atoms. The van der Waals surface area contributed by atoms with Crippen LogP contribution in [0.25, 0.3) is 0 Å². The fourth-order valence-corrected chi connectivity index (χ4v) is 11.6. The Kier molecular flexibility index (Phi) is 5.34. The van der Waals surface area contributed by atoms with Crippen LogP contribution in [0.4, 0.5) is 0 Å². The van der Waals surface area contributed by atoms with Crippen molar-refractivity contribution in [3.8, 4) is 5.75 Å². The normalized spacial score (nSPS) is 12.9. The van der Waals surface area contributed by atoms with Crippen LogP contribution in [0.2, 0.25) is 0 Å². The Labute approximate surface area is 187 Å². The van der Waals surface area contributed by atoms with Gasteiger partial charge in [-0.05, 0) is 0 Å².